The zero-order valence-corrected chi connectivity index (χ0v) is 11.6. The number of hydrogen-bond acceptors (Lipinski definition) is 3. The molecule has 18 heavy (non-hydrogen) atoms. The number of hydrogen-bond donors (Lipinski definition) is 0. The summed E-state index contributed by atoms with van der Waals surface area (Å²) in [5.41, 5.74) is 0.998. The normalized spacial score (nSPS) is 12.4. The highest BCUT2D eigenvalue weighted by Crippen LogP contribution is 2.03. The van der Waals surface area contributed by atoms with Crippen molar-refractivity contribution < 1.29 is 9.53 Å². The van der Waals surface area contributed by atoms with Crippen molar-refractivity contribution in [1.82, 2.24) is 4.90 Å². The Bertz CT molecular complexity index is 347. The third kappa shape index (κ3) is 5.32. The van der Waals surface area contributed by atoms with Crippen molar-refractivity contribution in [3.8, 4) is 0 Å². The van der Waals surface area contributed by atoms with Crippen molar-refractivity contribution in [2.45, 2.75) is 33.3 Å². The minimum Gasteiger partial charge on any atom is -0.461 e. The molecule has 1 unspecified atom stereocenters. The Labute approximate surface area is 110 Å². The van der Waals surface area contributed by atoms with Crippen LogP contribution in [0.2, 0.25) is 0 Å². The molecule has 1 aromatic carbocycles. The second-order valence-corrected chi connectivity index (χ2v) is 4.45. The number of carbonyl (C=O) groups is 1. The summed E-state index contributed by atoms with van der Waals surface area (Å²) in [6, 6.07) is 9.69. The SMILES string of the molecule is CCN(CC)CC(C)OC(=O)Cc1ccccc1. The van der Waals surface area contributed by atoms with Crippen molar-refractivity contribution in [1.29, 1.82) is 0 Å². The van der Waals surface area contributed by atoms with E-state index in [1.807, 2.05) is 37.3 Å². The van der Waals surface area contributed by atoms with E-state index >= 15 is 0 Å². The highest BCUT2D eigenvalue weighted by Gasteiger charge is 2.12. The highest BCUT2D eigenvalue weighted by molar-refractivity contribution is 5.72. The van der Waals surface area contributed by atoms with Crippen LogP contribution < -0.4 is 0 Å². The first-order chi connectivity index (χ1) is 8.65. The number of likely N-dealkylation sites (N-methyl/N-ethyl adjacent to an activating group) is 1. The fraction of sp³-hybridized carbons (Fsp3) is 0.533. The number of carbonyl (C=O) groups excluding carboxylic acids is 1. The smallest absolute Gasteiger partial charge is 0.310 e. The largest absolute Gasteiger partial charge is 0.461 e. The minimum atomic E-state index is -0.152. The van der Waals surface area contributed by atoms with E-state index in [9.17, 15) is 4.79 Å². The Morgan fingerprint density at radius 1 is 1.22 bits per heavy atom. The first kappa shape index (κ1) is 14.7. The van der Waals surface area contributed by atoms with Crippen molar-refractivity contribution >= 4 is 5.97 Å². The van der Waals surface area contributed by atoms with Crippen molar-refractivity contribution in [3.63, 3.8) is 0 Å². The molecule has 0 heterocycles. The third-order valence-electron chi connectivity index (χ3n) is 2.93. The van der Waals surface area contributed by atoms with E-state index in [2.05, 4.69) is 18.7 Å². The minimum absolute atomic E-state index is 0.0545. The fourth-order valence-corrected chi connectivity index (χ4v) is 1.91. The van der Waals surface area contributed by atoms with E-state index in [0.717, 1.165) is 25.2 Å². The molecule has 0 spiro atoms. The molecule has 0 aliphatic rings. The molecule has 3 heteroatoms. The van der Waals surface area contributed by atoms with Crippen molar-refractivity contribution in [2.75, 3.05) is 19.6 Å². The summed E-state index contributed by atoms with van der Waals surface area (Å²) in [7, 11) is 0. The van der Waals surface area contributed by atoms with Crippen molar-refractivity contribution in [2.24, 2.45) is 0 Å². The van der Waals surface area contributed by atoms with Crippen LogP contribution in [0.5, 0.6) is 0 Å². The maximum Gasteiger partial charge on any atom is 0.310 e. The number of rotatable bonds is 7. The van der Waals surface area contributed by atoms with E-state index in [1.54, 1.807) is 0 Å². The molecule has 3 nitrogen and oxygen atoms in total. The van der Waals surface area contributed by atoms with Crippen LogP contribution in [0.15, 0.2) is 30.3 Å². The standard InChI is InChI=1S/C15H23NO2/c1-4-16(5-2)12-13(3)18-15(17)11-14-9-7-6-8-10-14/h6-10,13H,4-5,11-12H2,1-3H3. The van der Waals surface area contributed by atoms with Gasteiger partial charge < -0.3 is 9.64 Å². The van der Waals surface area contributed by atoms with Crippen LogP contribution in [0, 0.1) is 0 Å². The van der Waals surface area contributed by atoms with Gasteiger partial charge in [0.25, 0.3) is 0 Å². The van der Waals surface area contributed by atoms with Gasteiger partial charge in [0.2, 0.25) is 0 Å². The molecule has 0 saturated heterocycles. The Hall–Kier alpha value is -1.35. The lowest BCUT2D eigenvalue weighted by Crippen LogP contribution is -2.33. The maximum absolute atomic E-state index is 11.7. The molecule has 0 bridgehead atoms. The van der Waals surface area contributed by atoms with Gasteiger partial charge in [-0.2, -0.15) is 0 Å². The number of benzene rings is 1. The quantitative estimate of drug-likeness (QED) is 0.695. The summed E-state index contributed by atoms with van der Waals surface area (Å²) >= 11 is 0. The topological polar surface area (TPSA) is 29.5 Å². The molecule has 0 N–H and O–H groups in total. The predicted molar refractivity (Wildman–Crippen MR) is 73.5 cm³/mol. The van der Waals surface area contributed by atoms with E-state index in [-0.39, 0.29) is 12.1 Å². The zero-order valence-electron chi connectivity index (χ0n) is 11.6. The molecular formula is C15H23NO2. The molecule has 100 valence electrons. The van der Waals surface area contributed by atoms with E-state index in [4.69, 9.17) is 4.74 Å². The van der Waals surface area contributed by atoms with Crippen molar-refractivity contribution in [3.05, 3.63) is 35.9 Å². The molecule has 1 rings (SSSR count). The first-order valence-corrected chi connectivity index (χ1v) is 6.61. The maximum atomic E-state index is 11.7. The van der Waals surface area contributed by atoms with Crippen LogP contribution in [0.25, 0.3) is 0 Å². The molecule has 1 atom stereocenters. The van der Waals surface area contributed by atoms with Gasteiger partial charge in [-0.3, -0.25) is 4.79 Å². The van der Waals surface area contributed by atoms with Crippen LogP contribution in [0.3, 0.4) is 0 Å². The van der Waals surface area contributed by atoms with Gasteiger partial charge in [0, 0.05) is 6.54 Å². The lowest BCUT2D eigenvalue weighted by Gasteiger charge is -2.22. The molecular weight excluding hydrogens is 226 g/mol. The van der Waals surface area contributed by atoms with Gasteiger partial charge in [0.1, 0.15) is 6.10 Å². The van der Waals surface area contributed by atoms with Crippen LogP contribution in [-0.2, 0) is 16.0 Å². The van der Waals surface area contributed by atoms with Gasteiger partial charge in [-0.15, -0.1) is 0 Å². The Kier molecular flexibility index (Phi) is 6.44. The molecule has 0 aliphatic carbocycles. The lowest BCUT2D eigenvalue weighted by molar-refractivity contribution is -0.148. The number of nitrogens with zero attached hydrogens (tertiary/aromatic N) is 1. The summed E-state index contributed by atoms with van der Waals surface area (Å²) in [5, 5.41) is 0. The van der Waals surface area contributed by atoms with Crippen LogP contribution in [0.4, 0.5) is 0 Å². The van der Waals surface area contributed by atoms with Crippen LogP contribution >= 0.6 is 0 Å². The highest BCUT2D eigenvalue weighted by atomic mass is 16.5. The Balaban J connectivity index is 2.36. The number of esters is 1. The summed E-state index contributed by atoms with van der Waals surface area (Å²) in [5.74, 6) is -0.152. The Morgan fingerprint density at radius 3 is 2.39 bits per heavy atom. The molecule has 0 amide bonds. The summed E-state index contributed by atoms with van der Waals surface area (Å²) < 4.78 is 5.41. The van der Waals surface area contributed by atoms with E-state index in [0.29, 0.717) is 6.42 Å². The van der Waals surface area contributed by atoms with E-state index < -0.39 is 0 Å². The molecule has 0 radical (unpaired) electrons. The summed E-state index contributed by atoms with van der Waals surface area (Å²) in [4.78, 5) is 14.0. The lowest BCUT2D eigenvalue weighted by atomic mass is 10.1. The van der Waals surface area contributed by atoms with Gasteiger partial charge in [-0.1, -0.05) is 44.2 Å². The van der Waals surface area contributed by atoms with Crippen LogP contribution in [0.1, 0.15) is 26.3 Å². The number of ether oxygens (including phenoxy) is 1. The monoisotopic (exact) mass is 249 g/mol. The van der Waals surface area contributed by atoms with Gasteiger partial charge in [-0.25, -0.2) is 0 Å². The average Bonchev–Trinajstić information content (AvgIpc) is 2.36. The van der Waals surface area contributed by atoms with Gasteiger partial charge in [0.05, 0.1) is 6.42 Å². The summed E-state index contributed by atoms with van der Waals surface area (Å²) in [6.45, 7) is 8.94. The van der Waals surface area contributed by atoms with E-state index in [1.165, 1.54) is 0 Å². The van der Waals surface area contributed by atoms with Gasteiger partial charge >= 0.3 is 5.97 Å². The predicted octanol–water partition coefficient (Wildman–Crippen LogP) is 2.50. The molecule has 1 aromatic rings. The zero-order chi connectivity index (χ0) is 13.4. The first-order valence-electron chi connectivity index (χ1n) is 6.61. The molecule has 0 saturated carbocycles. The molecule has 0 aromatic heterocycles. The van der Waals surface area contributed by atoms with Gasteiger partial charge in [0.15, 0.2) is 0 Å². The average molecular weight is 249 g/mol. The summed E-state index contributed by atoms with van der Waals surface area (Å²) in [6.07, 6.45) is 0.296. The fourth-order valence-electron chi connectivity index (χ4n) is 1.91. The van der Waals surface area contributed by atoms with Gasteiger partial charge in [-0.05, 0) is 25.6 Å². The Morgan fingerprint density at radius 2 is 1.83 bits per heavy atom. The molecule has 0 fully saturated rings. The third-order valence-corrected chi connectivity index (χ3v) is 2.93. The second kappa shape index (κ2) is 7.88. The second-order valence-electron chi connectivity index (χ2n) is 4.45. The van der Waals surface area contributed by atoms with Crippen LogP contribution in [-0.4, -0.2) is 36.6 Å². The molecule has 0 aliphatic heterocycles.